The monoisotopic (exact) mass is 562 g/mol. The predicted octanol–water partition coefficient (Wildman–Crippen LogP) is 6.87. The van der Waals surface area contributed by atoms with Crippen LogP contribution in [-0.2, 0) is 23.2 Å². The number of hydrogen-bond donors (Lipinski definition) is 2. The molecule has 0 radical (unpaired) electrons. The van der Waals surface area contributed by atoms with Crippen LogP contribution in [0, 0.1) is 24.7 Å². The smallest absolute Gasteiger partial charge is 0.323 e. The van der Waals surface area contributed by atoms with E-state index < -0.39 is 11.4 Å². The molecule has 1 aliphatic heterocycles. The molecule has 0 saturated heterocycles. The van der Waals surface area contributed by atoms with Gasteiger partial charge >= 0.3 is 5.97 Å². The van der Waals surface area contributed by atoms with E-state index in [9.17, 15) is 14.7 Å². The third-order valence-corrected chi connectivity index (χ3v) is 9.51. The van der Waals surface area contributed by atoms with Crippen LogP contribution >= 0.6 is 11.6 Å². The molecule has 2 N–H and O–H groups in total. The molecule has 1 saturated carbocycles. The molecule has 2 heterocycles. The third kappa shape index (κ3) is 4.50. The van der Waals surface area contributed by atoms with Crippen molar-refractivity contribution in [2.75, 3.05) is 13.7 Å². The summed E-state index contributed by atoms with van der Waals surface area (Å²) in [7, 11) is 1.66. The van der Waals surface area contributed by atoms with Gasteiger partial charge in [0.05, 0.1) is 17.7 Å². The Bertz CT molecular complexity index is 1460. The number of benzene rings is 2. The van der Waals surface area contributed by atoms with Gasteiger partial charge in [-0.3, -0.25) is 9.59 Å². The quantitative estimate of drug-likeness (QED) is 0.329. The lowest BCUT2D eigenvalue weighted by molar-refractivity contribution is -0.137. The van der Waals surface area contributed by atoms with Gasteiger partial charge in [-0.2, -0.15) is 0 Å². The summed E-state index contributed by atoms with van der Waals surface area (Å²) in [5, 5.41) is 13.5. The number of carbonyl (C=O) groups is 2. The minimum Gasteiger partial charge on any atom is -0.496 e. The lowest BCUT2D eigenvalue weighted by Crippen LogP contribution is -2.46. The Kier molecular flexibility index (Phi) is 7.75. The molecule has 2 aromatic carbocycles. The Labute approximate surface area is 241 Å². The molecular weight excluding hydrogens is 524 g/mol. The first-order valence-corrected chi connectivity index (χ1v) is 14.6. The van der Waals surface area contributed by atoms with Gasteiger partial charge in [0.25, 0.3) is 5.91 Å². The van der Waals surface area contributed by atoms with Crippen molar-refractivity contribution in [3.05, 3.63) is 75.6 Å². The summed E-state index contributed by atoms with van der Waals surface area (Å²) >= 11 is 6.89. The zero-order valence-corrected chi connectivity index (χ0v) is 24.8. The number of halogens is 1. The Balaban J connectivity index is 1.94. The number of nitrogens with zero attached hydrogens (tertiary/aromatic N) is 1. The second-order valence-corrected chi connectivity index (χ2v) is 12.2. The van der Waals surface area contributed by atoms with Crippen LogP contribution in [0.3, 0.4) is 0 Å². The van der Waals surface area contributed by atoms with Crippen LogP contribution in [0.4, 0.5) is 0 Å². The van der Waals surface area contributed by atoms with Crippen molar-refractivity contribution in [1.29, 1.82) is 0 Å². The first-order valence-electron chi connectivity index (χ1n) is 14.3. The number of aliphatic carboxylic acids is 1. The Morgan fingerprint density at radius 1 is 1.18 bits per heavy atom. The summed E-state index contributed by atoms with van der Waals surface area (Å²) in [6.45, 7) is 9.16. The fraction of sp³-hybridized carbons (Fsp3) is 0.455. The van der Waals surface area contributed by atoms with Gasteiger partial charge in [0.15, 0.2) is 0 Å². The fourth-order valence-corrected chi connectivity index (χ4v) is 8.02. The lowest BCUT2D eigenvalue weighted by atomic mass is 9.52. The molecule has 1 amide bonds. The second kappa shape index (κ2) is 11.0. The van der Waals surface area contributed by atoms with E-state index in [1.165, 1.54) is 0 Å². The highest BCUT2D eigenvalue weighted by atomic mass is 35.5. The molecule has 1 aliphatic carbocycles. The first kappa shape index (κ1) is 28.3. The Morgan fingerprint density at radius 2 is 1.93 bits per heavy atom. The van der Waals surface area contributed by atoms with E-state index in [0.717, 1.165) is 52.9 Å². The van der Waals surface area contributed by atoms with Crippen LogP contribution in [0.25, 0.3) is 11.1 Å². The molecule has 1 fully saturated rings. The van der Waals surface area contributed by atoms with Gasteiger partial charge in [0.2, 0.25) is 0 Å². The number of hydrogen-bond acceptors (Lipinski definition) is 3. The summed E-state index contributed by atoms with van der Waals surface area (Å²) in [6.07, 6.45) is 3.56. The number of carboxylic acids is 1. The molecule has 5 rings (SSSR count). The number of amides is 1. The van der Waals surface area contributed by atoms with Gasteiger partial charge in [-0.15, -0.1) is 0 Å². The summed E-state index contributed by atoms with van der Waals surface area (Å²) in [6, 6.07) is 14.1. The van der Waals surface area contributed by atoms with E-state index >= 15 is 0 Å². The molecule has 40 heavy (non-hydrogen) atoms. The van der Waals surface area contributed by atoms with Crippen molar-refractivity contribution in [3.63, 3.8) is 0 Å². The Hall–Kier alpha value is -3.25. The lowest BCUT2D eigenvalue weighted by Gasteiger charge is -2.50. The minimum absolute atomic E-state index is 0.114. The summed E-state index contributed by atoms with van der Waals surface area (Å²) < 4.78 is 7.70. The number of methoxy groups -OCH3 is 1. The van der Waals surface area contributed by atoms with Crippen LogP contribution in [0.2, 0.25) is 5.02 Å². The maximum atomic E-state index is 13.7. The number of rotatable bonds is 7. The maximum Gasteiger partial charge on any atom is 0.323 e. The number of ether oxygens (including phenoxy) is 1. The topological polar surface area (TPSA) is 80.6 Å². The van der Waals surface area contributed by atoms with Gasteiger partial charge in [0, 0.05) is 35.3 Å². The molecule has 3 atom stereocenters. The number of nitrogens with one attached hydrogen (secondary N) is 1. The normalized spacial score (nSPS) is 22.6. The molecule has 3 aromatic rings. The van der Waals surface area contributed by atoms with Gasteiger partial charge < -0.3 is 19.7 Å². The van der Waals surface area contributed by atoms with Crippen LogP contribution in [-0.4, -0.2) is 35.2 Å². The van der Waals surface area contributed by atoms with E-state index in [0.29, 0.717) is 41.1 Å². The largest absolute Gasteiger partial charge is 0.496 e. The number of aromatic nitrogens is 1. The van der Waals surface area contributed by atoms with Crippen molar-refractivity contribution in [2.45, 2.75) is 65.3 Å². The molecule has 3 unspecified atom stereocenters. The van der Waals surface area contributed by atoms with Crippen molar-refractivity contribution in [1.82, 2.24) is 9.88 Å². The maximum absolute atomic E-state index is 13.7. The molecular formula is C33H39ClN2O4. The van der Waals surface area contributed by atoms with Crippen molar-refractivity contribution in [3.8, 4) is 16.9 Å². The highest BCUT2D eigenvalue weighted by molar-refractivity contribution is 6.33. The van der Waals surface area contributed by atoms with Crippen LogP contribution in [0.15, 0.2) is 42.5 Å². The molecule has 6 nitrogen and oxygen atoms in total. The molecule has 0 spiro atoms. The van der Waals surface area contributed by atoms with Crippen molar-refractivity contribution >= 4 is 23.5 Å². The highest BCUT2D eigenvalue weighted by Crippen LogP contribution is 2.58. The fourth-order valence-electron chi connectivity index (χ4n) is 7.75. The number of carboxylic acid groups (broad SMARTS) is 1. The zero-order chi connectivity index (χ0) is 28.8. The highest BCUT2D eigenvalue weighted by Gasteiger charge is 2.52. The van der Waals surface area contributed by atoms with Crippen molar-refractivity contribution < 1.29 is 19.4 Å². The molecule has 1 aromatic heterocycles. The average Bonchev–Trinajstić information content (AvgIpc) is 3.20. The average molecular weight is 563 g/mol. The van der Waals surface area contributed by atoms with Crippen molar-refractivity contribution in [2.24, 2.45) is 17.8 Å². The van der Waals surface area contributed by atoms with Gasteiger partial charge in [0.1, 0.15) is 12.3 Å². The molecule has 0 bridgehead atoms. The summed E-state index contributed by atoms with van der Waals surface area (Å²) in [5.74, 6) is 0.609. The standard InChI is InChI=1S/C33H39ClN2O4/c1-19(2)23-14-13-20(3)17-33(23,24-10-7-6-9-22(24)29-25(34)11-8-12-27(29)40-5)31-21(4)36(18-28(37)38)26-15-16-35-32(39)30(26)31/h6-12,19-20,23H,13-18H2,1-5H3,(H,35,39)(H,37,38). The van der Waals surface area contributed by atoms with E-state index in [2.05, 4.69) is 44.3 Å². The van der Waals surface area contributed by atoms with Gasteiger partial charge in [-0.1, -0.05) is 69.1 Å². The van der Waals surface area contributed by atoms with E-state index in [1.807, 2.05) is 35.8 Å². The van der Waals surface area contributed by atoms with Crippen LogP contribution in [0.5, 0.6) is 5.75 Å². The molecule has 2 aliphatic rings. The predicted molar refractivity (Wildman–Crippen MR) is 158 cm³/mol. The summed E-state index contributed by atoms with van der Waals surface area (Å²) in [4.78, 5) is 25.8. The zero-order valence-electron chi connectivity index (χ0n) is 24.0. The van der Waals surface area contributed by atoms with Crippen LogP contribution < -0.4 is 10.1 Å². The summed E-state index contributed by atoms with van der Waals surface area (Å²) in [5.41, 5.74) is 5.72. The van der Waals surface area contributed by atoms with Gasteiger partial charge in [-0.05, 0) is 66.3 Å². The second-order valence-electron chi connectivity index (χ2n) is 11.8. The minimum atomic E-state index is -0.911. The van der Waals surface area contributed by atoms with E-state index in [4.69, 9.17) is 16.3 Å². The molecule has 7 heteroatoms. The molecule has 212 valence electrons. The first-order chi connectivity index (χ1) is 19.1. The van der Waals surface area contributed by atoms with E-state index in [-0.39, 0.29) is 18.4 Å². The third-order valence-electron chi connectivity index (χ3n) is 9.20. The SMILES string of the molecule is COc1cccc(Cl)c1-c1ccccc1C1(c2c3c(n(CC(=O)O)c2C)CCNC3=O)CC(C)CCC1C(C)C. The number of fused-ring (bicyclic) bond motifs is 1. The van der Waals surface area contributed by atoms with Crippen LogP contribution in [0.1, 0.15) is 72.9 Å². The number of carbonyl (C=O) groups excluding carboxylic acids is 1. The van der Waals surface area contributed by atoms with E-state index in [1.54, 1.807) is 7.11 Å². The Morgan fingerprint density at radius 3 is 2.62 bits per heavy atom. The van der Waals surface area contributed by atoms with Gasteiger partial charge in [-0.25, -0.2) is 0 Å².